The lowest BCUT2D eigenvalue weighted by Crippen LogP contribution is -2.43. The molecule has 2 rings (SSSR count). The zero-order chi connectivity index (χ0) is 15.9. The lowest BCUT2D eigenvalue weighted by Gasteiger charge is -2.34. The molecule has 0 spiro atoms. The van der Waals surface area contributed by atoms with Crippen LogP contribution in [0.5, 0.6) is 0 Å². The van der Waals surface area contributed by atoms with Gasteiger partial charge >= 0.3 is 0 Å². The minimum absolute atomic E-state index is 0.318. The highest BCUT2D eigenvalue weighted by Crippen LogP contribution is 2.29. The molecule has 1 saturated heterocycles. The van der Waals surface area contributed by atoms with Gasteiger partial charge in [0.05, 0.1) is 0 Å². The molecule has 2 unspecified atom stereocenters. The van der Waals surface area contributed by atoms with Crippen molar-refractivity contribution in [1.29, 1.82) is 0 Å². The molecule has 1 amide bonds. The van der Waals surface area contributed by atoms with E-state index in [4.69, 9.17) is 0 Å². The van der Waals surface area contributed by atoms with E-state index in [1.807, 2.05) is 13.1 Å². The van der Waals surface area contributed by atoms with E-state index in [2.05, 4.69) is 48.3 Å². The third kappa shape index (κ3) is 4.57. The second-order valence-electron chi connectivity index (χ2n) is 6.87. The first-order chi connectivity index (χ1) is 10.6. The number of nitrogens with zero attached hydrogens (tertiary/aromatic N) is 1. The Hall–Kier alpha value is -1.35. The summed E-state index contributed by atoms with van der Waals surface area (Å²) in [5.74, 6) is 1.72. The maximum atomic E-state index is 12.7. The molecule has 1 heterocycles. The fourth-order valence-corrected chi connectivity index (χ4v) is 3.50. The minimum atomic E-state index is 0.318. The number of hydrogen-bond acceptors (Lipinski definition) is 2. The summed E-state index contributed by atoms with van der Waals surface area (Å²) in [5.41, 5.74) is 1.29. The highest BCUT2D eigenvalue weighted by atomic mass is 16.2. The topological polar surface area (TPSA) is 32.3 Å². The van der Waals surface area contributed by atoms with Crippen molar-refractivity contribution in [3.63, 3.8) is 0 Å². The molecule has 0 radical (unpaired) electrons. The minimum Gasteiger partial charge on any atom is -0.342 e. The quantitative estimate of drug-likeness (QED) is 0.874. The van der Waals surface area contributed by atoms with Crippen LogP contribution in [0.3, 0.4) is 0 Å². The van der Waals surface area contributed by atoms with Crippen LogP contribution in [0, 0.1) is 11.8 Å². The van der Waals surface area contributed by atoms with Gasteiger partial charge in [-0.05, 0) is 49.8 Å². The van der Waals surface area contributed by atoms with Gasteiger partial charge in [-0.3, -0.25) is 4.79 Å². The Kier molecular flexibility index (Phi) is 6.44. The van der Waals surface area contributed by atoms with Crippen LogP contribution in [0.1, 0.15) is 44.6 Å². The number of piperidine rings is 1. The number of likely N-dealkylation sites (tertiary alicyclic amines) is 1. The number of benzene rings is 1. The number of nitrogens with one attached hydrogen (secondary N) is 1. The Morgan fingerprint density at radius 1 is 1.32 bits per heavy atom. The Balaban J connectivity index is 1.99. The molecule has 3 heteroatoms. The fourth-order valence-electron chi connectivity index (χ4n) is 3.50. The Labute approximate surface area is 135 Å². The van der Waals surface area contributed by atoms with Crippen molar-refractivity contribution >= 4 is 5.91 Å². The summed E-state index contributed by atoms with van der Waals surface area (Å²) in [6.07, 6.45) is 3.00. The summed E-state index contributed by atoms with van der Waals surface area (Å²) >= 11 is 0. The second kappa shape index (κ2) is 8.33. The average molecular weight is 302 g/mol. The Morgan fingerprint density at radius 2 is 2.05 bits per heavy atom. The molecule has 1 aliphatic rings. The largest absolute Gasteiger partial charge is 0.342 e. The first-order valence-electron chi connectivity index (χ1n) is 8.59. The highest BCUT2D eigenvalue weighted by molar-refractivity contribution is 5.77. The van der Waals surface area contributed by atoms with Crippen molar-refractivity contribution in [3.8, 4) is 0 Å². The van der Waals surface area contributed by atoms with Crippen LogP contribution in [0.4, 0.5) is 0 Å². The van der Waals surface area contributed by atoms with Gasteiger partial charge in [0.15, 0.2) is 0 Å². The predicted octanol–water partition coefficient (Wildman–Crippen LogP) is 3.27. The summed E-state index contributed by atoms with van der Waals surface area (Å²) in [6.45, 7) is 7.28. The molecule has 3 nitrogen and oxygen atoms in total. The van der Waals surface area contributed by atoms with E-state index >= 15 is 0 Å². The second-order valence-corrected chi connectivity index (χ2v) is 6.87. The molecule has 0 aliphatic carbocycles. The molecule has 0 aromatic heterocycles. The van der Waals surface area contributed by atoms with E-state index in [0.717, 1.165) is 26.1 Å². The zero-order valence-corrected chi connectivity index (χ0v) is 14.2. The first kappa shape index (κ1) is 17.0. The number of hydrogen-bond donors (Lipinski definition) is 1. The van der Waals surface area contributed by atoms with Crippen LogP contribution >= 0.6 is 0 Å². The van der Waals surface area contributed by atoms with Crippen LogP contribution in [0.2, 0.25) is 0 Å². The maximum absolute atomic E-state index is 12.7. The number of rotatable bonds is 6. The van der Waals surface area contributed by atoms with Crippen molar-refractivity contribution in [1.82, 2.24) is 10.2 Å². The summed E-state index contributed by atoms with van der Waals surface area (Å²) in [4.78, 5) is 14.8. The maximum Gasteiger partial charge on any atom is 0.223 e. The van der Waals surface area contributed by atoms with Gasteiger partial charge in [0, 0.05) is 19.5 Å². The van der Waals surface area contributed by atoms with Gasteiger partial charge in [0.2, 0.25) is 5.91 Å². The molecule has 1 aliphatic heterocycles. The molecule has 1 fully saturated rings. The Morgan fingerprint density at radius 3 is 2.68 bits per heavy atom. The number of carbonyl (C=O) groups is 1. The van der Waals surface area contributed by atoms with Gasteiger partial charge in [-0.15, -0.1) is 0 Å². The van der Waals surface area contributed by atoms with Crippen LogP contribution < -0.4 is 5.32 Å². The van der Waals surface area contributed by atoms with E-state index in [0.29, 0.717) is 30.1 Å². The fraction of sp³-hybridized carbons (Fsp3) is 0.632. The summed E-state index contributed by atoms with van der Waals surface area (Å²) in [7, 11) is 1.99. The van der Waals surface area contributed by atoms with Crippen LogP contribution in [-0.2, 0) is 4.79 Å². The van der Waals surface area contributed by atoms with Crippen molar-refractivity contribution in [2.24, 2.45) is 11.8 Å². The van der Waals surface area contributed by atoms with Crippen molar-refractivity contribution in [2.45, 2.75) is 39.0 Å². The smallest absolute Gasteiger partial charge is 0.223 e. The highest BCUT2D eigenvalue weighted by Gasteiger charge is 2.26. The summed E-state index contributed by atoms with van der Waals surface area (Å²) < 4.78 is 0. The molecular formula is C19H30N2O. The van der Waals surface area contributed by atoms with E-state index < -0.39 is 0 Å². The molecule has 1 aromatic rings. The third-order valence-electron chi connectivity index (χ3n) is 4.79. The van der Waals surface area contributed by atoms with Gasteiger partial charge in [-0.25, -0.2) is 0 Å². The number of carbonyl (C=O) groups excluding carboxylic acids is 1. The molecule has 0 bridgehead atoms. The zero-order valence-electron chi connectivity index (χ0n) is 14.2. The molecule has 1 N–H and O–H groups in total. The monoisotopic (exact) mass is 302 g/mol. The van der Waals surface area contributed by atoms with Crippen LogP contribution in [0.25, 0.3) is 0 Å². The van der Waals surface area contributed by atoms with Crippen LogP contribution in [0.15, 0.2) is 30.3 Å². The lowest BCUT2D eigenvalue weighted by molar-refractivity contribution is -0.133. The van der Waals surface area contributed by atoms with Crippen molar-refractivity contribution < 1.29 is 4.79 Å². The standard InChI is InChI=1S/C19H30N2O/c1-15(2)18(17-9-5-4-6-10-17)12-19(22)21-11-7-8-16(14-21)13-20-3/h4-6,9-10,15-16,18,20H,7-8,11-14H2,1-3H3. The van der Waals surface area contributed by atoms with E-state index in [1.54, 1.807) is 0 Å². The lowest BCUT2D eigenvalue weighted by atomic mass is 9.85. The van der Waals surface area contributed by atoms with E-state index in [-0.39, 0.29) is 0 Å². The van der Waals surface area contributed by atoms with Crippen LogP contribution in [-0.4, -0.2) is 37.5 Å². The van der Waals surface area contributed by atoms with Gasteiger partial charge in [0.1, 0.15) is 0 Å². The summed E-state index contributed by atoms with van der Waals surface area (Å²) in [6, 6.07) is 10.5. The predicted molar refractivity (Wildman–Crippen MR) is 91.9 cm³/mol. The van der Waals surface area contributed by atoms with E-state index in [9.17, 15) is 4.79 Å². The van der Waals surface area contributed by atoms with Gasteiger partial charge in [0.25, 0.3) is 0 Å². The van der Waals surface area contributed by atoms with Crippen molar-refractivity contribution in [3.05, 3.63) is 35.9 Å². The SMILES string of the molecule is CNCC1CCCN(C(=O)CC(c2ccccc2)C(C)C)C1. The molecule has 2 atom stereocenters. The van der Waals surface area contributed by atoms with E-state index in [1.165, 1.54) is 12.0 Å². The molecule has 122 valence electrons. The molecule has 22 heavy (non-hydrogen) atoms. The normalized spacial score (nSPS) is 20.2. The molecular weight excluding hydrogens is 272 g/mol. The average Bonchev–Trinajstić information content (AvgIpc) is 2.53. The molecule has 0 saturated carbocycles. The number of amides is 1. The summed E-state index contributed by atoms with van der Waals surface area (Å²) in [5, 5.41) is 3.24. The van der Waals surface area contributed by atoms with Gasteiger partial charge in [-0.1, -0.05) is 44.2 Å². The van der Waals surface area contributed by atoms with Gasteiger partial charge in [-0.2, -0.15) is 0 Å². The molecule has 1 aromatic carbocycles. The Bertz CT molecular complexity index is 456. The van der Waals surface area contributed by atoms with Gasteiger partial charge < -0.3 is 10.2 Å². The van der Waals surface area contributed by atoms with Crippen molar-refractivity contribution in [2.75, 3.05) is 26.7 Å². The first-order valence-corrected chi connectivity index (χ1v) is 8.59. The third-order valence-corrected chi connectivity index (χ3v) is 4.79.